The molecule has 9 rings (SSSR count). The van der Waals surface area contributed by atoms with Gasteiger partial charge in [0.1, 0.15) is 11.6 Å². The van der Waals surface area contributed by atoms with Gasteiger partial charge in [0.15, 0.2) is 0 Å². The van der Waals surface area contributed by atoms with Gasteiger partial charge in [0.25, 0.3) is 0 Å². The fourth-order valence-electron chi connectivity index (χ4n) is 11.8. The molecule has 4 bridgehead atoms. The quantitative estimate of drug-likeness (QED) is 0.639. The van der Waals surface area contributed by atoms with Crippen molar-refractivity contribution in [3.8, 4) is 0 Å². The predicted molar refractivity (Wildman–Crippen MR) is 75.2 cm³/mol. The Labute approximate surface area is 128 Å². The van der Waals surface area contributed by atoms with Crippen LogP contribution in [-0.4, -0.2) is 11.6 Å². The maximum atomic E-state index is 13.6. The van der Waals surface area contributed by atoms with Gasteiger partial charge in [-0.3, -0.25) is 9.59 Å². The minimum absolute atomic E-state index is 0.139. The first kappa shape index (κ1) is 9.85. The van der Waals surface area contributed by atoms with E-state index >= 15 is 0 Å². The van der Waals surface area contributed by atoms with Crippen molar-refractivity contribution >= 4 is 11.6 Å². The molecule has 7 fully saturated rings. The van der Waals surface area contributed by atoms with Gasteiger partial charge in [-0.2, -0.15) is 0 Å². The Morgan fingerprint density at radius 2 is 1.23 bits per heavy atom. The van der Waals surface area contributed by atoms with E-state index in [9.17, 15) is 9.59 Å². The molecule has 12 atom stereocenters. The second kappa shape index (κ2) is 2.03. The number of hydrogen-bond acceptors (Lipinski definition) is 2. The Hall–Kier alpha value is -1.18. The third-order valence-corrected chi connectivity index (χ3v) is 11.2. The standard InChI is InChI=1S/C20H16O2/c21-15-13-14-16(22)20-10-4-3-9(10)19(15,20)11-6-12(20)18(14)8-2-1-7(5-8)17(11,13)18/h1-4,7-14H,5-6H2/t7-,8+,9+,10-,11-,12-,13+,14-,17-,18+,19+,20-/m1/s1. The zero-order chi connectivity index (χ0) is 14.0. The summed E-state index contributed by atoms with van der Waals surface area (Å²) in [5.74, 6) is 4.71. The molecule has 0 amide bonds. The van der Waals surface area contributed by atoms with Crippen LogP contribution in [0.2, 0.25) is 0 Å². The minimum atomic E-state index is -0.201. The number of Topliss-reactive ketones (excluding diaryl/α,β-unsaturated/α-hetero) is 2. The molecule has 0 aromatic heterocycles. The third-order valence-electron chi connectivity index (χ3n) is 11.2. The molecule has 9 aliphatic rings. The summed E-state index contributed by atoms with van der Waals surface area (Å²) in [5.41, 5.74) is 0.104. The van der Waals surface area contributed by atoms with Crippen LogP contribution >= 0.6 is 0 Å². The Morgan fingerprint density at radius 3 is 1.68 bits per heavy atom. The lowest BCUT2D eigenvalue weighted by atomic mass is 9.29. The van der Waals surface area contributed by atoms with Gasteiger partial charge in [-0.15, -0.1) is 0 Å². The summed E-state index contributed by atoms with van der Waals surface area (Å²) >= 11 is 0. The minimum Gasteiger partial charge on any atom is -0.299 e. The van der Waals surface area contributed by atoms with Gasteiger partial charge in [0.2, 0.25) is 0 Å². The van der Waals surface area contributed by atoms with Crippen LogP contribution in [0, 0.1) is 69.0 Å². The van der Waals surface area contributed by atoms with E-state index in [0.29, 0.717) is 47.1 Å². The van der Waals surface area contributed by atoms with Gasteiger partial charge in [-0.05, 0) is 59.2 Å². The lowest BCUT2D eigenvalue weighted by Gasteiger charge is -2.71. The smallest absolute Gasteiger partial charge is 0.145 e. The Bertz CT molecular complexity index is 814. The molecule has 0 aromatic rings. The first-order chi connectivity index (χ1) is 10.7. The largest absolute Gasteiger partial charge is 0.299 e. The molecule has 2 heteroatoms. The van der Waals surface area contributed by atoms with E-state index in [2.05, 4.69) is 24.3 Å². The van der Waals surface area contributed by atoms with Gasteiger partial charge in [0, 0.05) is 11.8 Å². The Morgan fingerprint density at radius 1 is 0.727 bits per heavy atom. The van der Waals surface area contributed by atoms with Gasteiger partial charge in [-0.1, -0.05) is 24.3 Å². The fraction of sp³-hybridized carbons (Fsp3) is 0.700. The average Bonchev–Trinajstić information content (AvgIpc) is 3.13. The number of hydrogen-bond donors (Lipinski definition) is 0. The molecule has 0 N–H and O–H groups in total. The molecule has 7 saturated carbocycles. The highest BCUT2D eigenvalue weighted by Gasteiger charge is 3.11. The van der Waals surface area contributed by atoms with E-state index in [1.54, 1.807) is 0 Å². The van der Waals surface area contributed by atoms with Gasteiger partial charge in [0.05, 0.1) is 10.8 Å². The molecule has 0 saturated heterocycles. The van der Waals surface area contributed by atoms with Crippen molar-refractivity contribution < 1.29 is 9.59 Å². The number of rotatable bonds is 0. The first-order valence-corrected chi connectivity index (χ1v) is 9.17. The van der Waals surface area contributed by atoms with Crippen LogP contribution in [-0.2, 0) is 9.59 Å². The van der Waals surface area contributed by atoms with E-state index in [4.69, 9.17) is 0 Å². The van der Waals surface area contributed by atoms with Crippen molar-refractivity contribution in [1.82, 2.24) is 0 Å². The summed E-state index contributed by atoms with van der Waals surface area (Å²) in [4.78, 5) is 27.2. The van der Waals surface area contributed by atoms with Crippen molar-refractivity contribution in [2.75, 3.05) is 0 Å². The zero-order valence-corrected chi connectivity index (χ0v) is 12.2. The summed E-state index contributed by atoms with van der Waals surface area (Å²) in [5, 5.41) is 0. The number of ketones is 2. The summed E-state index contributed by atoms with van der Waals surface area (Å²) in [6, 6.07) is 0. The summed E-state index contributed by atoms with van der Waals surface area (Å²) in [7, 11) is 0. The molecule has 4 spiro atoms. The predicted octanol–water partition coefficient (Wildman–Crippen LogP) is 2.01. The van der Waals surface area contributed by atoms with Crippen LogP contribution in [0.15, 0.2) is 24.3 Å². The van der Waals surface area contributed by atoms with Crippen LogP contribution < -0.4 is 0 Å². The normalized spacial score (nSPS) is 82.7. The van der Waals surface area contributed by atoms with Gasteiger partial charge < -0.3 is 0 Å². The monoisotopic (exact) mass is 288 g/mol. The van der Waals surface area contributed by atoms with E-state index in [1.165, 1.54) is 12.8 Å². The lowest BCUT2D eigenvalue weighted by molar-refractivity contribution is -0.234. The van der Waals surface area contributed by atoms with Crippen LogP contribution in [0.4, 0.5) is 0 Å². The fourth-order valence-corrected chi connectivity index (χ4v) is 11.8. The van der Waals surface area contributed by atoms with Crippen molar-refractivity contribution in [2.24, 2.45) is 69.0 Å². The van der Waals surface area contributed by atoms with Crippen LogP contribution in [0.5, 0.6) is 0 Å². The highest BCUT2D eigenvalue weighted by Crippen LogP contribution is 3.08. The molecule has 22 heavy (non-hydrogen) atoms. The van der Waals surface area contributed by atoms with Crippen LogP contribution in [0.25, 0.3) is 0 Å². The molecule has 108 valence electrons. The molecular formula is C20H16O2. The Balaban J connectivity index is 1.55. The number of carbonyl (C=O) groups excluding carboxylic acids is 2. The summed E-state index contributed by atoms with van der Waals surface area (Å²) in [6.07, 6.45) is 12.0. The second-order valence-corrected chi connectivity index (χ2v) is 9.90. The highest BCUT2D eigenvalue weighted by atomic mass is 16.2. The topological polar surface area (TPSA) is 34.1 Å². The van der Waals surface area contributed by atoms with Crippen LogP contribution in [0.1, 0.15) is 12.8 Å². The van der Waals surface area contributed by atoms with Crippen molar-refractivity contribution in [1.29, 1.82) is 0 Å². The lowest BCUT2D eigenvalue weighted by Crippen LogP contribution is -2.74. The van der Waals surface area contributed by atoms with Crippen molar-refractivity contribution in [3.63, 3.8) is 0 Å². The maximum Gasteiger partial charge on any atom is 0.145 e. The molecule has 2 nitrogen and oxygen atoms in total. The summed E-state index contributed by atoms with van der Waals surface area (Å²) in [6.45, 7) is 0. The molecule has 0 radical (unpaired) electrons. The highest BCUT2D eigenvalue weighted by molar-refractivity contribution is 6.16. The number of carbonyl (C=O) groups is 2. The molecule has 0 unspecified atom stereocenters. The molecule has 0 heterocycles. The average molecular weight is 288 g/mol. The second-order valence-electron chi connectivity index (χ2n) is 9.90. The van der Waals surface area contributed by atoms with Gasteiger partial charge >= 0.3 is 0 Å². The van der Waals surface area contributed by atoms with E-state index in [-0.39, 0.29) is 33.5 Å². The SMILES string of the molecule is O=C1[C@@H]2[C@@H]3C(=O)[C@]45[C@@H]6C=C[C@@H]6[C@]14[C@@H]1C[C@@H]5[C@@]34[C@H]3C=C[C@H](C3)[C@]214. The molecular weight excluding hydrogens is 272 g/mol. The van der Waals surface area contributed by atoms with E-state index in [1.807, 2.05) is 0 Å². The number of allylic oxidation sites excluding steroid dienone is 4. The van der Waals surface area contributed by atoms with Gasteiger partial charge in [-0.25, -0.2) is 0 Å². The molecule has 9 aliphatic carbocycles. The van der Waals surface area contributed by atoms with Crippen LogP contribution in [0.3, 0.4) is 0 Å². The first-order valence-electron chi connectivity index (χ1n) is 9.17. The van der Waals surface area contributed by atoms with Crippen molar-refractivity contribution in [3.05, 3.63) is 24.3 Å². The molecule has 0 aliphatic heterocycles. The maximum absolute atomic E-state index is 13.6. The molecule has 0 aromatic carbocycles. The number of fused-ring (bicyclic) bond motifs is 4. The summed E-state index contributed by atoms with van der Waals surface area (Å²) < 4.78 is 0. The zero-order valence-electron chi connectivity index (χ0n) is 12.2. The third kappa shape index (κ3) is 0.396. The van der Waals surface area contributed by atoms with E-state index in [0.717, 1.165) is 0 Å². The van der Waals surface area contributed by atoms with E-state index < -0.39 is 0 Å². The Kier molecular flexibility index (Phi) is 0.908. The van der Waals surface area contributed by atoms with Crippen molar-refractivity contribution in [2.45, 2.75) is 12.8 Å².